The highest BCUT2D eigenvalue weighted by Gasteiger charge is 2.51. The Hall–Kier alpha value is -1.08. The molecule has 0 aliphatic heterocycles. The van der Waals surface area contributed by atoms with Gasteiger partial charge in [-0.1, -0.05) is 36.4 Å². The molecule has 0 amide bonds. The molecule has 4 aliphatic carbocycles. The molecule has 4 fully saturated rings. The molecule has 4 bridgehead atoms. The van der Waals surface area contributed by atoms with Crippen LogP contribution in [0.15, 0.2) is 35.9 Å². The third-order valence-corrected chi connectivity index (χ3v) is 6.08. The van der Waals surface area contributed by atoms with Crippen molar-refractivity contribution in [1.29, 1.82) is 0 Å². The maximum absolute atomic E-state index is 6.17. The Balaban J connectivity index is 1.69. The first-order valence-corrected chi connectivity index (χ1v) is 8.23. The monoisotopic (exact) mass is 267 g/mol. The van der Waals surface area contributed by atoms with Crippen LogP contribution in [0, 0.1) is 23.2 Å². The molecule has 5 rings (SSSR count). The normalized spacial score (nSPS) is 39.2. The predicted molar refractivity (Wildman–Crippen MR) is 84.1 cm³/mol. The molecule has 1 aromatic carbocycles. The second kappa shape index (κ2) is 4.73. The largest absolute Gasteiger partial charge is 0.327 e. The quantitative estimate of drug-likeness (QED) is 0.870. The van der Waals surface area contributed by atoms with Crippen molar-refractivity contribution in [3.05, 3.63) is 41.5 Å². The van der Waals surface area contributed by atoms with Crippen LogP contribution in [0.1, 0.15) is 44.1 Å². The van der Waals surface area contributed by atoms with Crippen LogP contribution in [0.25, 0.3) is 6.08 Å². The Morgan fingerprint density at radius 1 is 1.00 bits per heavy atom. The summed E-state index contributed by atoms with van der Waals surface area (Å²) < 4.78 is 0. The first kappa shape index (κ1) is 12.6. The van der Waals surface area contributed by atoms with Crippen molar-refractivity contribution in [2.24, 2.45) is 28.9 Å². The molecular weight excluding hydrogens is 242 g/mol. The highest BCUT2D eigenvalue weighted by molar-refractivity contribution is 5.55. The maximum Gasteiger partial charge on any atom is 0.0145 e. The number of rotatable bonds is 3. The van der Waals surface area contributed by atoms with Gasteiger partial charge in [0.25, 0.3) is 0 Å². The van der Waals surface area contributed by atoms with Crippen molar-refractivity contribution in [2.75, 3.05) is 6.54 Å². The summed E-state index contributed by atoms with van der Waals surface area (Å²) in [5, 5.41) is 0. The predicted octanol–water partition coefficient (Wildman–Crippen LogP) is 4.25. The van der Waals surface area contributed by atoms with Crippen LogP contribution >= 0.6 is 0 Å². The number of hydrogen-bond donors (Lipinski definition) is 1. The molecule has 106 valence electrons. The molecule has 20 heavy (non-hydrogen) atoms. The number of benzene rings is 1. The van der Waals surface area contributed by atoms with Crippen molar-refractivity contribution in [2.45, 2.75) is 38.5 Å². The van der Waals surface area contributed by atoms with Gasteiger partial charge in [0.2, 0.25) is 0 Å². The average molecular weight is 267 g/mol. The van der Waals surface area contributed by atoms with Crippen LogP contribution < -0.4 is 5.73 Å². The number of nitrogens with two attached hydrogens (primary N) is 1. The van der Waals surface area contributed by atoms with E-state index in [9.17, 15) is 0 Å². The minimum Gasteiger partial charge on any atom is -0.327 e. The van der Waals surface area contributed by atoms with E-state index in [-0.39, 0.29) is 0 Å². The van der Waals surface area contributed by atoms with Gasteiger partial charge in [0.05, 0.1) is 0 Å². The second-order valence-corrected chi connectivity index (χ2v) is 7.48. The first-order chi connectivity index (χ1) is 9.77. The summed E-state index contributed by atoms with van der Waals surface area (Å²) in [4.78, 5) is 0. The van der Waals surface area contributed by atoms with Crippen LogP contribution in [0.5, 0.6) is 0 Å². The topological polar surface area (TPSA) is 26.0 Å². The van der Waals surface area contributed by atoms with E-state index in [0.29, 0.717) is 5.41 Å². The molecule has 4 saturated carbocycles. The van der Waals surface area contributed by atoms with Gasteiger partial charge in [-0.3, -0.25) is 0 Å². The first-order valence-electron chi connectivity index (χ1n) is 8.23. The fourth-order valence-corrected chi connectivity index (χ4v) is 5.68. The van der Waals surface area contributed by atoms with Crippen LogP contribution in [0.2, 0.25) is 0 Å². The van der Waals surface area contributed by atoms with E-state index in [1.54, 1.807) is 0 Å². The van der Waals surface area contributed by atoms with Gasteiger partial charge in [0, 0.05) is 6.54 Å². The minimum atomic E-state index is 0.458. The lowest BCUT2D eigenvalue weighted by Crippen LogP contribution is -2.47. The van der Waals surface area contributed by atoms with Crippen LogP contribution in [0.3, 0.4) is 0 Å². The van der Waals surface area contributed by atoms with Crippen molar-refractivity contribution in [3.63, 3.8) is 0 Å². The molecule has 1 nitrogen and oxygen atoms in total. The summed E-state index contributed by atoms with van der Waals surface area (Å²) in [6.45, 7) is 0.737. The van der Waals surface area contributed by atoms with Gasteiger partial charge in [-0.05, 0) is 72.8 Å². The molecule has 0 unspecified atom stereocenters. The van der Waals surface area contributed by atoms with E-state index >= 15 is 0 Å². The fraction of sp³-hybridized carbons (Fsp3) is 0.579. The lowest BCUT2D eigenvalue weighted by molar-refractivity contribution is -0.0304. The van der Waals surface area contributed by atoms with E-state index in [1.165, 1.54) is 49.7 Å². The van der Waals surface area contributed by atoms with E-state index in [4.69, 9.17) is 5.73 Å². The van der Waals surface area contributed by atoms with E-state index in [0.717, 1.165) is 24.3 Å². The highest BCUT2D eigenvalue weighted by Crippen LogP contribution is 2.62. The molecule has 4 aliphatic rings. The fourth-order valence-electron chi connectivity index (χ4n) is 5.68. The Morgan fingerprint density at radius 3 is 2.05 bits per heavy atom. The zero-order valence-corrected chi connectivity index (χ0v) is 12.2. The third kappa shape index (κ3) is 2.03. The standard InChI is InChI=1S/C19H25N/c20-13-18(9-14-4-2-1-3-5-14)19-10-15-6-16(11-19)8-17(7-15)12-19/h1-5,9,15-17H,6-8,10-13,20H2/b18-9+. The highest BCUT2D eigenvalue weighted by atomic mass is 14.6. The molecule has 0 atom stereocenters. The van der Waals surface area contributed by atoms with Crippen molar-refractivity contribution in [1.82, 2.24) is 0 Å². The SMILES string of the molecule is NC/C(=C\c1ccccc1)C12CC3CC(CC(C3)C1)C2. The van der Waals surface area contributed by atoms with E-state index < -0.39 is 0 Å². The second-order valence-electron chi connectivity index (χ2n) is 7.48. The zero-order chi connectivity index (χ0) is 13.6. The Bertz CT molecular complexity index is 479. The Labute approximate surface area is 122 Å². The summed E-state index contributed by atoms with van der Waals surface area (Å²) in [5.41, 5.74) is 9.48. The molecule has 1 heteroatoms. The van der Waals surface area contributed by atoms with Crippen LogP contribution in [0.4, 0.5) is 0 Å². The van der Waals surface area contributed by atoms with Crippen molar-refractivity contribution in [3.8, 4) is 0 Å². The van der Waals surface area contributed by atoms with Gasteiger partial charge in [-0.25, -0.2) is 0 Å². The zero-order valence-electron chi connectivity index (χ0n) is 12.2. The van der Waals surface area contributed by atoms with Gasteiger partial charge < -0.3 is 5.73 Å². The van der Waals surface area contributed by atoms with Crippen molar-refractivity contribution >= 4 is 6.08 Å². The molecule has 2 N–H and O–H groups in total. The summed E-state index contributed by atoms with van der Waals surface area (Å²) in [5.74, 6) is 2.98. The van der Waals surface area contributed by atoms with Gasteiger partial charge >= 0.3 is 0 Å². The summed E-state index contributed by atoms with van der Waals surface area (Å²) in [6.07, 6.45) is 11.1. The van der Waals surface area contributed by atoms with Crippen molar-refractivity contribution < 1.29 is 0 Å². The molecule has 0 aromatic heterocycles. The van der Waals surface area contributed by atoms with Gasteiger partial charge in [-0.2, -0.15) is 0 Å². The van der Waals surface area contributed by atoms with Crippen LogP contribution in [-0.2, 0) is 0 Å². The van der Waals surface area contributed by atoms with E-state index in [2.05, 4.69) is 36.4 Å². The minimum absolute atomic E-state index is 0.458. The molecule has 0 heterocycles. The van der Waals surface area contributed by atoms with Gasteiger partial charge in [0.1, 0.15) is 0 Å². The molecular formula is C19H25N. The Morgan fingerprint density at radius 2 is 1.55 bits per heavy atom. The van der Waals surface area contributed by atoms with Crippen LogP contribution in [-0.4, -0.2) is 6.54 Å². The Kier molecular flexibility index (Phi) is 2.99. The smallest absolute Gasteiger partial charge is 0.0145 e. The lowest BCUT2D eigenvalue weighted by Gasteiger charge is -2.57. The van der Waals surface area contributed by atoms with E-state index in [1.807, 2.05) is 0 Å². The average Bonchev–Trinajstić information content (AvgIpc) is 2.44. The molecule has 0 spiro atoms. The summed E-state index contributed by atoms with van der Waals surface area (Å²) in [7, 11) is 0. The lowest BCUT2D eigenvalue weighted by atomic mass is 9.47. The summed E-state index contributed by atoms with van der Waals surface area (Å²) in [6, 6.07) is 10.7. The molecule has 1 aromatic rings. The molecule has 0 saturated heterocycles. The van der Waals surface area contributed by atoms with Gasteiger partial charge in [-0.15, -0.1) is 0 Å². The number of hydrogen-bond acceptors (Lipinski definition) is 1. The maximum atomic E-state index is 6.17. The summed E-state index contributed by atoms with van der Waals surface area (Å²) >= 11 is 0. The van der Waals surface area contributed by atoms with Gasteiger partial charge in [0.15, 0.2) is 0 Å². The molecule has 0 radical (unpaired) electrons. The third-order valence-electron chi connectivity index (χ3n) is 6.08.